The minimum atomic E-state index is -3.10. The van der Waals surface area contributed by atoms with Crippen LogP contribution in [0.1, 0.15) is 29.3 Å². The lowest BCUT2D eigenvalue weighted by Crippen LogP contribution is -2.48. The lowest BCUT2D eigenvalue weighted by Gasteiger charge is -2.23. The highest BCUT2D eigenvalue weighted by Gasteiger charge is 2.39. The normalized spacial score (nSPS) is 23.0. The van der Waals surface area contributed by atoms with E-state index in [4.69, 9.17) is 4.74 Å². The van der Waals surface area contributed by atoms with Gasteiger partial charge in [-0.3, -0.25) is 4.79 Å². The molecule has 0 unspecified atom stereocenters. The van der Waals surface area contributed by atoms with Gasteiger partial charge >= 0.3 is 5.97 Å². The largest absolute Gasteiger partial charge is 0.452 e. The Balaban J connectivity index is 1.89. The van der Waals surface area contributed by atoms with E-state index >= 15 is 0 Å². The SMILES string of the molecule is Cc1ccccc1C(=O)OCC(=O)N[C@]1(C)CCS(=O)(=O)C1. The van der Waals surface area contributed by atoms with Crippen molar-refractivity contribution in [2.45, 2.75) is 25.8 Å². The van der Waals surface area contributed by atoms with Crippen LogP contribution in [-0.2, 0) is 19.4 Å². The predicted molar refractivity (Wildman–Crippen MR) is 81.3 cm³/mol. The van der Waals surface area contributed by atoms with Gasteiger partial charge in [-0.25, -0.2) is 13.2 Å². The molecule has 22 heavy (non-hydrogen) atoms. The Morgan fingerprint density at radius 2 is 2.00 bits per heavy atom. The predicted octanol–water partition coefficient (Wildman–Crippen LogP) is 0.845. The van der Waals surface area contributed by atoms with Gasteiger partial charge in [0.2, 0.25) is 0 Å². The zero-order chi connectivity index (χ0) is 16.4. The van der Waals surface area contributed by atoms with Gasteiger partial charge in [0.25, 0.3) is 5.91 Å². The van der Waals surface area contributed by atoms with E-state index in [1.54, 1.807) is 38.1 Å². The number of amides is 1. The van der Waals surface area contributed by atoms with Crippen molar-refractivity contribution in [2.24, 2.45) is 0 Å². The number of aryl methyl sites for hydroxylation is 1. The van der Waals surface area contributed by atoms with Crippen molar-refractivity contribution in [1.82, 2.24) is 5.32 Å². The summed E-state index contributed by atoms with van der Waals surface area (Å²) in [5, 5.41) is 2.64. The van der Waals surface area contributed by atoms with E-state index in [0.29, 0.717) is 12.0 Å². The van der Waals surface area contributed by atoms with Crippen LogP contribution in [0.15, 0.2) is 24.3 Å². The molecule has 1 atom stereocenters. The first-order chi connectivity index (χ1) is 10.2. The highest BCUT2D eigenvalue weighted by Crippen LogP contribution is 2.22. The molecule has 0 spiro atoms. The maximum absolute atomic E-state index is 11.9. The third-order valence-corrected chi connectivity index (χ3v) is 5.55. The van der Waals surface area contributed by atoms with Crippen molar-refractivity contribution in [3.8, 4) is 0 Å². The molecule has 1 aromatic rings. The zero-order valence-corrected chi connectivity index (χ0v) is 13.4. The topological polar surface area (TPSA) is 89.5 Å². The number of nitrogens with one attached hydrogen (secondary N) is 1. The number of hydrogen-bond acceptors (Lipinski definition) is 5. The molecular formula is C15H19NO5S. The van der Waals surface area contributed by atoms with E-state index in [1.165, 1.54) is 0 Å². The number of hydrogen-bond donors (Lipinski definition) is 1. The quantitative estimate of drug-likeness (QED) is 0.829. The smallest absolute Gasteiger partial charge is 0.338 e. The molecule has 0 aromatic heterocycles. The second kappa shape index (κ2) is 6.08. The van der Waals surface area contributed by atoms with E-state index in [-0.39, 0.29) is 11.5 Å². The number of sulfone groups is 1. The molecule has 1 aliphatic heterocycles. The van der Waals surface area contributed by atoms with E-state index < -0.39 is 33.9 Å². The fourth-order valence-electron chi connectivity index (χ4n) is 2.49. The van der Waals surface area contributed by atoms with Crippen molar-refractivity contribution >= 4 is 21.7 Å². The van der Waals surface area contributed by atoms with Gasteiger partial charge in [0.15, 0.2) is 16.4 Å². The van der Waals surface area contributed by atoms with Crippen LogP contribution in [0.4, 0.5) is 0 Å². The summed E-state index contributed by atoms with van der Waals surface area (Å²) in [5.74, 6) is -1.09. The van der Waals surface area contributed by atoms with Gasteiger partial charge in [-0.15, -0.1) is 0 Å². The van der Waals surface area contributed by atoms with Crippen LogP contribution in [0.2, 0.25) is 0 Å². The first kappa shape index (κ1) is 16.5. The van der Waals surface area contributed by atoms with Crippen molar-refractivity contribution in [2.75, 3.05) is 18.1 Å². The lowest BCUT2D eigenvalue weighted by atomic mass is 10.0. The molecule has 1 saturated heterocycles. The molecule has 6 nitrogen and oxygen atoms in total. The summed E-state index contributed by atoms with van der Waals surface area (Å²) < 4.78 is 27.9. The molecule has 1 aliphatic rings. The Morgan fingerprint density at radius 1 is 1.32 bits per heavy atom. The maximum Gasteiger partial charge on any atom is 0.338 e. The molecular weight excluding hydrogens is 306 g/mol. The minimum absolute atomic E-state index is 0.0623. The Morgan fingerprint density at radius 3 is 2.59 bits per heavy atom. The number of ether oxygens (including phenoxy) is 1. The Labute approximate surface area is 129 Å². The first-order valence-electron chi connectivity index (χ1n) is 6.95. The Bertz CT molecular complexity index is 698. The van der Waals surface area contributed by atoms with Gasteiger partial charge in [0.05, 0.1) is 22.6 Å². The molecule has 0 bridgehead atoms. The maximum atomic E-state index is 11.9. The summed E-state index contributed by atoms with van der Waals surface area (Å²) >= 11 is 0. The van der Waals surface area contributed by atoms with E-state index in [1.807, 2.05) is 0 Å². The summed E-state index contributed by atoms with van der Waals surface area (Å²) in [6.07, 6.45) is 0.368. The number of benzene rings is 1. The number of rotatable bonds is 4. The van der Waals surface area contributed by atoms with Crippen LogP contribution in [0, 0.1) is 6.92 Å². The third kappa shape index (κ3) is 4.07. The average Bonchev–Trinajstić information content (AvgIpc) is 2.70. The van der Waals surface area contributed by atoms with Gasteiger partial charge in [0, 0.05) is 0 Å². The zero-order valence-electron chi connectivity index (χ0n) is 12.6. The fraction of sp³-hybridized carbons (Fsp3) is 0.467. The molecule has 0 saturated carbocycles. The first-order valence-corrected chi connectivity index (χ1v) is 8.77. The molecule has 1 fully saturated rings. The minimum Gasteiger partial charge on any atom is -0.452 e. The molecule has 1 heterocycles. The third-order valence-electron chi connectivity index (χ3n) is 3.64. The monoisotopic (exact) mass is 325 g/mol. The summed E-state index contributed by atoms with van der Waals surface area (Å²) in [7, 11) is -3.10. The summed E-state index contributed by atoms with van der Waals surface area (Å²) in [6, 6.07) is 6.93. The summed E-state index contributed by atoms with van der Waals surface area (Å²) in [6.45, 7) is 3.03. The van der Waals surface area contributed by atoms with Crippen LogP contribution >= 0.6 is 0 Å². The van der Waals surface area contributed by atoms with Gasteiger partial charge in [-0.2, -0.15) is 0 Å². The van der Waals surface area contributed by atoms with Gasteiger partial charge < -0.3 is 10.1 Å². The van der Waals surface area contributed by atoms with Gasteiger partial charge in [0.1, 0.15) is 0 Å². The second-order valence-electron chi connectivity index (χ2n) is 5.84. The second-order valence-corrected chi connectivity index (χ2v) is 8.03. The van der Waals surface area contributed by atoms with Crippen molar-refractivity contribution in [3.05, 3.63) is 35.4 Å². The van der Waals surface area contributed by atoms with Crippen LogP contribution in [-0.4, -0.2) is 43.9 Å². The number of carbonyl (C=O) groups excluding carboxylic acids is 2. The average molecular weight is 325 g/mol. The summed E-state index contributed by atoms with van der Waals surface area (Å²) in [5.41, 5.74) is 0.386. The highest BCUT2D eigenvalue weighted by atomic mass is 32.2. The molecule has 120 valence electrons. The molecule has 7 heteroatoms. The van der Waals surface area contributed by atoms with E-state index in [9.17, 15) is 18.0 Å². The van der Waals surface area contributed by atoms with Crippen LogP contribution < -0.4 is 5.32 Å². The van der Waals surface area contributed by atoms with Crippen molar-refractivity contribution < 1.29 is 22.7 Å². The van der Waals surface area contributed by atoms with E-state index in [0.717, 1.165) is 5.56 Å². The molecule has 1 N–H and O–H groups in total. The lowest BCUT2D eigenvalue weighted by molar-refractivity contribution is -0.125. The molecule has 0 radical (unpaired) electrons. The van der Waals surface area contributed by atoms with Gasteiger partial charge in [-0.05, 0) is 31.9 Å². The Kier molecular flexibility index (Phi) is 4.55. The molecule has 2 rings (SSSR count). The summed E-state index contributed by atoms with van der Waals surface area (Å²) in [4.78, 5) is 23.7. The van der Waals surface area contributed by atoms with E-state index in [2.05, 4.69) is 5.32 Å². The number of esters is 1. The molecule has 1 aromatic carbocycles. The van der Waals surface area contributed by atoms with Crippen LogP contribution in [0.5, 0.6) is 0 Å². The van der Waals surface area contributed by atoms with Crippen LogP contribution in [0.25, 0.3) is 0 Å². The van der Waals surface area contributed by atoms with Gasteiger partial charge in [-0.1, -0.05) is 18.2 Å². The highest BCUT2D eigenvalue weighted by molar-refractivity contribution is 7.91. The Hall–Kier alpha value is -1.89. The molecule has 0 aliphatic carbocycles. The standard InChI is InChI=1S/C15H19NO5S/c1-11-5-3-4-6-12(11)14(18)21-9-13(17)16-15(2)7-8-22(19,20)10-15/h3-6H,7-10H2,1-2H3,(H,16,17)/t15-/m1/s1. The van der Waals surface area contributed by atoms with Crippen molar-refractivity contribution in [3.63, 3.8) is 0 Å². The van der Waals surface area contributed by atoms with Crippen LogP contribution in [0.3, 0.4) is 0 Å². The number of carbonyl (C=O) groups is 2. The van der Waals surface area contributed by atoms with Crippen molar-refractivity contribution in [1.29, 1.82) is 0 Å². The fourth-order valence-corrected chi connectivity index (χ4v) is 4.59. The molecule has 1 amide bonds.